The van der Waals surface area contributed by atoms with E-state index in [1.165, 1.54) is 0 Å². The molecule has 0 amide bonds. The van der Waals surface area contributed by atoms with Gasteiger partial charge < -0.3 is 4.74 Å². The summed E-state index contributed by atoms with van der Waals surface area (Å²) in [7, 11) is -3.83. The Labute approximate surface area is 141 Å². The second-order valence-corrected chi connectivity index (χ2v) is 7.73. The zero-order valence-corrected chi connectivity index (χ0v) is 14.3. The molecule has 24 heavy (non-hydrogen) atoms. The highest BCUT2D eigenvalue weighted by molar-refractivity contribution is 7.89. The van der Waals surface area contributed by atoms with Crippen molar-refractivity contribution in [1.29, 1.82) is 0 Å². The normalized spacial score (nSPS) is 24.8. The molecule has 126 valence electrons. The molecule has 3 rings (SSSR count). The maximum Gasteiger partial charge on any atom is 0.245 e. The maximum atomic E-state index is 13.0. The van der Waals surface area contributed by atoms with Crippen molar-refractivity contribution < 1.29 is 17.9 Å². The van der Waals surface area contributed by atoms with E-state index >= 15 is 0 Å². The number of carbonyl (C=O) groups excluding carboxylic acids is 1. The third kappa shape index (κ3) is 2.88. The second-order valence-electron chi connectivity index (χ2n) is 5.88. The lowest BCUT2D eigenvalue weighted by Crippen LogP contribution is -2.41. The van der Waals surface area contributed by atoms with E-state index in [1.54, 1.807) is 31.2 Å². The zero-order valence-electron chi connectivity index (χ0n) is 13.5. The average molecular weight is 345 g/mol. The standard InChI is InChI=1S/C18H19NO4S/c1-13-8-10-16(11-9-13)24(21,22)19-14(2)18(23-17(19)12-20)15-6-4-3-5-7-15/h3-12,14,17-18H,1-2H3/t14-,17-,18-/m0/s1. The van der Waals surface area contributed by atoms with Crippen molar-refractivity contribution in [3.8, 4) is 0 Å². The van der Waals surface area contributed by atoms with Gasteiger partial charge >= 0.3 is 0 Å². The minimum atomic E-state index is -3.83. The van der Waals surface area contributed by atoms with Gasteiger partial charge in [0, 0.05) is 0 Å². The van der Waals surface area contributed by atoms with Gasteiger partial charge in [0.15, 0.2) is 12.5 Å². The van der Waals surface area contributed by atoms with E-state index in [4.69, 9.17) is 4.74 Å². The summed E-state index contributed by atoms with van der Waals surface area (Å²) in [5.74, 6) is 0. The van der Waals surface area contributed by atoms with Crippen LogP contribution in [0.4, 0.5) is 0 Å². The van der Waals surface area contributed by atoms with Gasteiger partial charge in [-0.05, 0) is 31.5 Å². The molecule has 1 heterocycles. The Hall–Kier alpha value is -2.02. The molecule has 0 saturated carbocycles. The molecule has 0 N–H and O–H groups in total. The number of carbonyl (C=O) groups is 1. The molecule has 5 nitrogen and oxygen atoms in total. The van der Waals surface area contributed by atoms with Crippen LogP contribution in [0.25, 0.3) is 0 Å². The largest absolute Gasteiger partial charge is 0.345 e. The number of aldehydes is 1. The number of sulfonamides is 1. The first-order valence-electron chi connectivity index (χ1n) is 7.71. The zero-order chi connectivity index (χ0) is 17.3. The predicted molar refractivity (Wildman–Crippen MR) is 89.8 cm³/mol. The lowest BCUT2D eigenvalue weighted by molar-refractivity contribution is -0.121. The molecule has 0 aromatic heterocycles. The number of hydrogen-bond donors (Lipinski definition) is 0. The van der Waals surface area contributed by atoms with Gasteiger partial charge in [-0.25, -0.2) is 8.42 Å². The summed E-state index contributed by atoms with van der Waals surface area (Å²) >= 11 is 0. The highest BCUT2D eigenvalue weighted by atomic mass is 32.2. The van der Waals surface area contributed by atoms with Crippen LogP contribution < -0.4 is 0 Å². The van der Waals surface area contributed by atoms with Crippen molar-refractivity contribution in [2.24, 2.45) is 0 Å². The molecule has 0 spiro atoms. The van der Waals surface area contributed by atoms with E-state index in [-0.39, 0.29) is 4.90 Å². The summed E-state index contributed by atoms with van der Waals surface area (Å²) in [6.45, 7) is 3.64. The first kappa shape index (κ1) is 16.8. The lowest BCUT2D eigenvalue weighted by atomic mass is 10.0. The highest BCUT2D eigenvalue weighted by Gasteiger charge is 2.47. The van der Waals surface area contributed by atoms with Gasteiger partial charge in [0.2, 0.25) is 10.0 Å². The van der Waals surface area contributed by atoms with E-state index in [1.807, 2.05) is 37.3 Å². The number of hydrogen-bond acceptors (Lipinski definition) is 4. The van der Waals surface area contributed by atoms with E-state index in [2.05, 4.69) is 0 Å². The summed E-state index contributed by atoms with van der Waals surface area (Å²) < 4.78 is 32.9. The molecule has 3 atom stereocenters. The topological polar surface area (TPSA) is 63.7 Å². The van der Waals surface area contributed by atoms with Crippen molar-refractivity contribution in [2.75, 3.05) is 0 Å². The van der Waals surface area contributed by atoms with Crippen LogP contribution in [0.5, 0.6) is 0 Å². The molecule has 1 saturated heterocycles. The molecule has 0 radical (unpaired) electrons. The number of benzene rings is 2. The van der Waals surface area contributed by atoms with Crippen LogP contribution in [0, 0.1) is 6.92 Å². The summed E-state index contributed by atoms with van der Waals surface area (Å²) in [4.78, 5) is 11.6. The molecule has 1 aliphatic heterocycles. The number of ether oxygens (including phenoxy) is 1. The molecule has 1 fully saturated rings. The Morgan fingerprint density at radius 2 is 1.67 bits per heavy atom. The van der Waals surface area contributed by atoms with Gasteiger partial charge in [-0.15, -0.1) is 0 Å². The Morgan fingerprint density at radius 3 is 2.25 bits per heavy atom. The summed E-state index contributed by atoms with van der Waals surface area (Å²) in [5.41, 5.74) is 1.81. The Balaban J connectivity index is 1.99. The van der Waals surface area contributed by atoms with E-state index < -0.39 is 28.4 Å². The molecular formula is C18H19NO4S. The molecule has 0 unspecified atom stereocenters. The third-order valence-electron chi connectivity index (χ3n) is 4.22. The van der Waals surface area contributed by atoms with Gasteiger partial charge in [0.25, 0.3) is 0 Å². The third-order valence-corrected chi connectivity index (χ3v) is 6.18. The monoisotopic (exact) mass is 345 g/mol. The fourth-order valence-electron chi connectivity index (χ4n) is 2.97. The molecule has 0 bridgehead atoms. The minimum Gasteiger partial charge on any atom is -0.345 e. The average Bonchev–Trinajstić information content (AvgIpc) is 2.93. The minimum absolute atomic E-state index is 0.157. The van der Waals surface area contributed by atoms with Crippen LogP contribution in [0.3, 0.4) is 0 Å². The summed E-state index contributed by atoms with van der Waals surface area (Å²) in [5, 5.41) is 0. The van der Waals surface area contributed by atoms with E-state index in [0.717, 1.165) is 15.4 Å². The van der Waals surface area contributed by atoms with Crippen LogP contribution in [0.1, 0.15) is 24.2 Å². The van der Waals surface area contributed by atoms with Crippen molar-refractivity contribution in [2.45, 2.75) is 37.1 Å². The second kappa shape index (κ2) is 6.47. The summed E-state index contributed by atoms with van der Waals surface area (Å²) in [6, 6.07) is 15.4. The van der Waals surface area contributed by atoms with Crippen molar-refractivity contribution >= 4 is 16.3 Å². The fourth-order valence-corrected chi connectivity index (χ4v) is 4.61. The lowest BCUT2D eigenvalue weighted by Gasteiger charge is -2.23. The highest BCUT2D eigenvalue weighted by Crippen LogP contribution is 2.37. The van der Waals surface area contributed by atoms with E-state index in [0.29, 0.717) is 6.29 Å². The molecule has 0 aliphatic carbocycles. The van der Waals surface area contributed by atoms with Crippen molar-refractivity contribution in [3.63, 3.8) is 0 Å². The number of aryl methyl sites for hydroxylation is 1. The molecule has 2 aromatic rings. The van der Waals surface area contributed by atoms with Crippen LogP contribution in [0.2, 0.25) is 0 Å². The molecular weight excluding hydrogens is 326 g/mol. The van der Waals surface area contributed by atoms with Gasteiger partial charge in [-0.2, -0.15) is 4.31 Å². The van der Waals surface area contributed by atoms with Crippen LogP contribution in [0.15, 0.2) is 59.5 Å². The number of nitrogens with zero attached hydrogens (tertiary/aromatic N) is 1. The Kier molecular flexibility index (Phi) is 4.54. The predicted octanol–water partition coefficient (Wildman–Crippen LogP) is 2.67. The summed E-state index contributed by atoms with van der Waals surface area (Å²) in [6.07, 6.45) is -1.08. The quantitative estimate of drug-likeness (QED) is 0.799. The van der Waals surface area contributed by atoms with Gasteiger partial charge in [-0.3, -0.25) is 4.79 Å². The Morgan fingerprint density at radius 1 is 1.04 bits per heavy atom. The number of rotatable bonds is 4. The molecule has 1 aliphatic rings. The SMILES string of the molecule is Cc1ccc(S(=O)(=O)N2[C@H](C=O)O[C@H](c3ccccc3)[C@@H]2C)cc1. The molecule has 2 aromatic carbocycles. The Bertz CT molecular complexity index is 818. The fraction of sp³-hybridized carbons (Fsp3) is 0.278. The van der Waals surface area contributed by atoms with Crippen molar-refractivity contribution in [1.82, 2.24) is 4.31 Å². The smallest absolute Gasteiger partial charge is 0.245 e. The maximum absolute atomic E-state index is 13.0. The van der Waals surface area contributed by atoms with Crippen LogP contribution >= 0.6 is 0 Å². The first-order chi connectivity index (χ1) is 11.4. The van der Waals surface area contributed by atoms with Crippen molar-refractivity contribution in [3.05, 3.63) is 65.7 Å². The molecule has 6 heteroatoms. The van der Waals surface area contributed by atoms with Gasteiger partial charge in [0.1, 0.15) is 6.10 Å². The first-order valence-corrected chi connectivity index (χ1v) is 9.15. The van der Waals surface area contributed by atoms with E-state index in [9.17, 15) is 13.2 Å². The van der Waals surface area contributed by atoms with Gasteiger partial charge in [0.05, 0.1) is 10.9 Å². The van der Waals surface area contributed by atoms with Crippen LogP contribution in [-0.4, -0.2) is 31.3 Å². The van der Waals surface area contributed by atoms with Gasteiger partial charge in [-0.1, -0.05) is 48.0 Å². The van der Waals surface area contributed by atoms with Crippen LogP contribution in [-0.2, 0) is 19.6 Å².